The summed E-state index contributed by atoms with van der Waals surface area (Å²) in [6.45, 7) is 3.93. The quantitative estimate of drug-likeness (QED) is 0.733. The lowest BCUT2D eigenvalue weighted by atomic mass is 9.73. The summed E-state index contributed by atoms with van der Waals surface area (Å²) in [5.74, 6) is -0.438. The lowest BCUT2D eigenvalue weighted by Crippen LogP contribution is -2.54. The Morgan fingerprint density at radius 3 is 2.70 bits per heavy atom. The number of nitrogens with zero attached hydrogens (tertiary/aromatic N) is 2. The maximum atomic E-state index is 12.7. The van der Waals surface area contributed by atoms with Crippen LogP contribution in [-0.2, 0) is 9.59 Å². The van der Waals surface area contributed by atoms with E-state index in [0.717, 1.165) is 24.2 Å². The van der Waals surface area contributed by atoms with Crippen molar-refractivity contribution in [1.29, 1.82) is 0 Å². The first-order chi connectivity index (χ1) is 10.3. The van der Waals surface area contributed by atoms with Crippen molar-refractivity contribution in [3.8, 4) is 0 Å². The zero-order valence-corrected chi connectivity index (χ0v) is 14.8. The van der Waals surface area contributed by atoms with E-state index in [4.69, 9.17) is 5.73 Å². The second-order valence-electron chi connectivity index (χ2n) is 6.53. The van der Waals surface area contributed by atoms with Gasteiger partial charge in [-0.2, -0.15) is 0 Å². The number of halogens is 1. The zero-order chi connectivity index (χ0) is 16.5. The molecule has 1 aliphatic heterocycles. The summed E-state index contributed by atoms with van der Waals surface area (Å²) in [7, 11) is 1.64. The van der Waals surface area contributed by atoms with Crippen LogP contribution < -0.4 is 11.1 Å². The third-order valence-electron chi connectivity index (χ3n) is 5.19. The van der Waals surface area contributed by atoms with Crippen LogP contribution in [0.5, 0.6) is 0 Å². The van der Waals surface area contributed by atoms with Crippen LogP contribution in [-0.4, -0.2) is 59.4 Å². The zero-order valence-electron chi connectivity index (χ0n) is 14.0. The predicted octanol–water partition coefficient (Wildman–Crippen LogP) is 0.715. The Balaban J connectivity index is 0.00000264. The molecule has 2 aliphatic rings. The first-order valence-corrected chi connectivity index (χ1v) is 7.93. The molecule has 1 heterocycles. The Morgan fingerprint density at radius 1 is 1.48 bits per heavy atom. The Bertz CT molecular complexity index is 487. The normalized spacial score (nSPS) is 28.3. The van der Waals surface area contributed by atoms with Gasteiger partial charge in [-0.25, -0.2) is 4.79 Å². The van der Waals surface area contributed by atoms with E-state index in [9.17, 15) is 14.4 Å². The monoisotopic (exact) mass is 346 g/mol. The van der Waals surface area contributed by atoms with Gasteiger partial charge in [-0.3, -0.25) is 14.5 Å². The summed E-state index contributed by atoms with van der Waals surface area (Å²) < 4.78 is 0. The van der Waals surface area contributed by atoms with Crippen molar-refractivity contribution in [1.82, 2.24) is 15.1 Å². The molecule has 1 saturated heterocycles. The van der Waals surface area contributed by atoms with Crippen LogP contribution >= 0.6 is 12.4 Å². The highest BCUT2D eigenvalue weighted by atomic mass is 35.5. The smallest absolute Gasteiger partial charge is 0.325 e. The number of urea groups is 1. The van der Waals surface area contributed by atoms with Crippen molar-refractivity contribution >= 4 is 30.3 Å². The van der Waals surface area contributed by atoms with E-state index >= 15 is 0 Å². The number of hydrogen-bond acceptors (Lipinski definition) is 4. The van der Waals surface area contributed by atoms with Crippen LogP contribution in [0.25, 0.3) is 0 Å². The molecule has 1 aliphatic carbocycles. The summed E-state index contributed by atoms with van der Waals surface area (Å²) in [6.07, 6.45) is 3.56. The fourth-order valence-corrected chi connectivity index (χ4v) is 3.29. The Labute approximate surface area is 143 Å². The van der Waals surface area contributed by atoms with Gasteiger partial charge in [-0.15, -0.1) is 12.4 Å². The Hall–Kier alpha value is -1.34. The van der Waals surface area contributed by atoms with Crippen molar-refractivity contribution in [3.05, 3.63) is 0 Å². The van der Waals surface area contributed by atoms with Gasteiger partial charge in [0.15, 0.2) is 0 Å². The fourth-order valence-electron chi connectivity index (χ4n) is 3.29. The Kier molecular flexibility index (Phi) is 6.41. The molecule has 132 valence electrons. The molecule has 1 spiro atoms. The maximum absolute atomic E-state index is 12.7. The molecule has 7 nitrogen and oxygen atoms in total. The van der Waals surface area contributed by atoms with Gasteiger partial charge in [0.25, 0.3) is 5.91 Å². The molecule has 23 heavy (non-hydrogen) atoms. The molecule has 2 rings (SSSR count). The number of imide groups is 1. The number of carbonyl (C=O) groups is 3. The van der Waals surface area contributed by atoms with E-state index in [2.05, 4.69) is 5.32 Å². The minimum Gasteiger partial charge on any atom is -0.340 e. The number of amides is 4. The van der Waals surface area contributed by atoms with Crippen molar-refractivity contribution in [2.75, 3.05) is 20.1 Å². The van der Waals surface area contributed by atoms with Crippen molar-refractivity contribution < 1.29 is 14.4 Å². The van der Waals surface area contributed by atoms with Gasteiger partial charge in [0.05, 0.1) is 0 Å². The number of nitrogens with one attached hydrogen (secondary N) is 1. The lowest BCUT2D eigenvalue weighted by molar-refractivity contribution is -0.140. The summed E-state index contributed by atoms with van der Waals surface area (Å²) in [5.41, 5.74) is 4.74. The minimum absolute atomic E-state index is 0. The molecule has 0 aromatic rings. The fraction of sp³-hybridized carbons (Fsp3) is 0.800. The average Bonchev–Trinajstić information content (AvgIpc) is 2.73. The van der Waals surface area contributed by atoms with Crippen LogP contribution in [0.3, 0.4) is 0 Å². The largest absolute Gasteiger partial charge is 0.340 e. The minimum atomic E-state index is -0.812. The number of likely N-dealkylation sites (N-methyl/N-ethyl adjacent to an activating group) is 1. The summed E-state index contributed by atoms with van der Waals surface area (Å²) in [6, 6.07) is -0.586. The lowest BCUT2D eigenvalue weighted by Gasteiger charge is -2.36. The summed E-state index contributed by atoms with van der Waals surface area (Å²) >= 11 is 0. The van der Waals surface area contributed by atoms with Crippen LogP contribution in [0.15, 0.2) is 0 Å². The summed E-state index contributed by atoms with van der Waals surface area (Å²) in [4.78, 5) is 39.7. The van der Waals surface area contributed by atoms with Crippen LogP contribution in [0.4, 0.5) is 4.79 Å². The van der Waals surface area contributed by atoms with Gasteiger partial charge < -0.3 is 16.0 Å². The van der Waals surface area contributed by atoms with Crippen molar-refractivity contribution in [2.24, 2.45) is 11.7 Å². The van der Waals surface area contributed by atoms with Gasteiger partial charge in [0, 0.05) is 19.6 Å². The number of hydrogen-bond donors (Lipinski definition) is 2. The van der Waals surface area contributed by atoms with E-state index in [0.29, 0.717) is 13.0 Å². The van der Waals surface area contributed by atoms with Crippen molar-refractivity contribution in [2.45, 2.75) is 51.1 Å². The molecule has 0 aromatic heterocycles. The van der Waals surface area contributed by atoms with Crippen LogP contribution in [0.1, 0.15) is 39.5 Å². The number of nitrogens with two attached hydrogens (primary N) is 1. The molecular weight excluding hydrogens is 320 g/mol. The third-order valence-corrected chi connectivity index (χ3v) is 5.19. The van der Waals surface area contributed by atoms with Crippen molar-refractivity contribution in [3.63, 3.8) is 0 Å². The molecule has 0 bridgehead atoms. The molecular formula is C15H27ClN4O3. The van der Waals surface area contributed by atoms with Gasteiger partial charge in [0.1, 0.15) is 12.1 Å². The molecule has 3 unspecified atom stereocenters. The van der Waals surface area contributed by atoms with Crippen LogP contribution in [0.2, 0.25) is 0 Å². The first kappa shape index (κ1) is 19.7. The highest BCUT2D eigenvalue weighted by molar-refractivity contribution is 6.09. The highest BCUT2D eigenvalue weighted by Gasteiger charge is 2.55. The van der Waals surface area contributed by atoms with E-state index in [1.165, 1.54) is 4.90 Å². The summed E-state index contributed by atoms with van der Waals surface area (Å²) in [5, 5.41) is 2.85. The van der Waals surface area contributed by atoms with Gasteiger partial charge in [-0.1, -0.05) is 19.8 Å². The first-order valence-electron chi connectivity index (χ1n) is 7.93. The van der Waals surface area contributed by atoms with E-state index < -0.39 is 11.6 Å². The molecule has 1 saturated carbocycles. The molecule has 4 amide bonds. The van der Waals surface area contributed by atoms with Crippen LogP contribution in [0, 0.1) is 5.92 Å². The SMILES string of the molecule is CC(CN)N(C)C(=O)CN1C(=O)NC2(CCCCC2C)C1=O.Cl. The molecule has 3 N–H and O–H groups in total. The van der Waals surface area contributed by atoms with E-state index in [1.54, 1.807) is 7.05 Å². The third kappa shape index (κ3) is 3.45. The van der Waals surface area contributed by atoms with Gasteiger partial charge in [0.2, 0.25) is 5.91 Å². The standard InChI is InChI=1S/C15H26N4O3.ClH/c1-10-6-4-5-7-15(10)13(21)19(14(22)17-15)9-12(20)18(3)11(2)8-16;/h10-11H,4-9,16H2,1-3H3,(H,17,22);1H. The number of carbonyl (C=O) groups excluding carboxylic acids is 3. The number of rotatable bonds is 4. The molecule has 0 aromatic carbocycles. The molecule has 8 heteroatoms. The highest BCUT2D eigenvalue weighted by Crippen LogP contribution is 2.38. The average molecular weight is 347 g/mol. The topological polar surface area (TPSA) is 95.7 Å². The second-order valence-corrected chi connectivity index (χ2v) is 6.53. The maximum Gasteiger partial charge on any atom is 0.325 e. The Morgan fingerprint density at radius 2 is 2.13 bits per heavy atom. The van der Waals surface area contributed by atoms with E-state index in [-0.39, 0.29) is 42.7 Å². The second kappa shape index (κ2) is 7.49. The predicted molar refractivity (Wildman–Crippen MR) is 89.1 cm³/mol. The van der Waals surface area contributed by atoms with Gasteiger partial charge in [-0.05, 0) is 25.7 Å². The molecule has 2 fully saturated rings. The van der Waals surface area contributed by atoms with E-state index in [1.807, 2.05) is 13.8 Å². The van der Waals surface area contributed by atoms with Gasteiger partial charge >= 0.3 is 6.03 Å². The molecule has 0 radical (unpaired) electrons. The molecule has 3 atom stereocenters.